The highest BCUT2D eigenvalue weighted by Crippen LogP contribution is 2.29. The van der Waals surface area contributed by atoms with Gasteiger partial charge in [0.25, 0.3) is 5.91 Å². The van der Waals surface area contributed by atoms with Crippen LogP contribution in [-0.4, -0.2) is 43.8 Å². The summed E-state index contributed by atoms with van der Waals surface area (Å²) in [5.74, 6) is 0.466. The van der Waals surface area contributed by atoms with Gasteiger partial charge in [0.2, 0.25) is 0 Å². The smallest absolute Gasteiger partial charge is 0.253 e. The van der Waals surface area contributed by atoms with Crippen LogP contribution >= 0.6 is 0 Å². The van der Waals surface area contributed by atoms with E-state index in [0.717, 1.165) is 36.9 Å². The Morgan fingerprint density at radius 2 is 1.96 bits per heavy atom. The summed E-state index contributed by atoms with van der Waals surface area (Å²) in [4.78, 5) is 24.9. The van der Waals surface area contributed by atoms with E-state index in [1.807, 2.05) is 17.1 Å². The molecule has 0 aliphatic heterocycles. The Hall–Kier alpha value is -3.29. The summed E-state index contributed by atoms with van der Waals surface area (Å²) in [5.41, 5.74) is 2.30. The van der Waals surface area contributed by atoms with Crippen LogP contribution in [0.15, 0.2) is 49.4 Å². The molecular formula is C20H22N6O2. The van der Waals surface area contributed by atoms with Gasteiger partial charge >= 0.3 is 0 Å². The zero-order valence-electron chi connectivity index (χ0n) is 15.7. The predicted octanol–water partition coefficient (Wildman–Crippen LogP) is 2.66. The molecule has 144 valence electrons. The van der Waals surface area contributed by atoms with Gasteiger partial charge in [0.15, 0.2) is 0 Å². The first-order valence-corrected chi connectivity index (χ1v) is 9.33. The van der Waals surface area contributed by atoms with Crippen molar-refractivity contribution in [3.05, 3.63) is 55.0 Å². The van der Waals surface area contributed by atoms with E-state index >= 15 is 0 Å². The maximum atomic E-state index is 12.5. The summed E-state index contributed by atoms with van der Waals surface area (Å²) in [5, 5.41) is 7.62. The highest BCUT2D eigenvalue weighted by Gasteiger charge is 2.24. The lowest BCUT2D eigenvalue weighted by atomic mass is 9.91. The third kappa shape index (κ3) is 4.00. The van der Waals surface area contributed by atoms with Gasteiger partial charge in [-0.2, -0.15) is 5.10 Å². The topological polar surface area (TPSA) is 94.8 Å². The fourth-order valence-electron chi connectivity index (χ4n) is 3.53. The Balaban J connectivity index is 1.33. The van der Waals surface area contributed by atoms with Crippen molar-refractivity contribution < 1.29 is 9.53 Å². The molecule has 3 heterocycles. The minimum Gasteiger partial charge on any atom is -0.495 e. The maximum Gasteiger partial charge on any atom is 0.253 e. The van der Waals surface area contributed by atoms with Gasteiger partial charge in [0.05, 0.1) is 43.0 Å². The van der Waals surface area contributed by atoms with Crippen molar-refractivity contribution in [3.8, 4) is 17.0 Å². The van der Waals surface area contributed by atoms with Crippen LogP contribution in [0.5, 0.6) is 5.75 Å². The summed E-state index contributed by atoms with van der Waals surface area (Å²) in [6, 6.07) is 2.19. The number of nitrogens with zero attached hydrogens (tertiary/aromatic N) is 5. The second-order valence-electron chi connectivity index (χ2n) is 6.89. The average molecular weight is 378 g/mol. The van der Waals surface area contributed by atoms with E-state index < -0.39 is 0 Å². The van der Waals surface area contributed by atoms with Crippen molar-refractivity contribution in [1.29, 1.82) is 0 Å². The molecule has 0 spiro atoms. The first-order valence-electron chi connectivity index (χ1n) is 9.33. The van der Waals surface area contributed by atoms with Crippen LogP contribution in [0.1, 0.15) is 42.1 Å². The number of aromatic nitrogens is 5. The Morgan fingerprint density at radius 1 is 1.11 bits per heavy atom. The van der Waals surface area contributed by atoms with E-state index in [2.05, 4.69) is 25.4 Å². The highest BCUT2D eigenvalue weighted by molar-refractivity contribution is 5.94. The van der Waals surface area contributed by atoms with Crippen molar-refractivity contribution in [2.75, 3.05) is 7.11 Å². The number of carbonyl (C=O) groups excluding carboxylic acids is 1. The Labute approximate surface area is 163 Å². The van der Waals surface area contributed by atoms with E-state index in [1.165, 1.54) is 0 Å². The first-order chi connectivity index (χ1) is 13.7. The van der Waals surface area contributed by atoms with Gasteiger partial charge in [-0.25, -0.2) is 0 Å². The molecule has 1 saturated carbocycles. The number of carbonyl (C=O) groups is 1. The molecule has 0 aromatic carbocycles. The predicted molar refractivity (Wildman–Crippen MR) is 103 cm³/mol. The number of hydrogen-bond acceptors (Lipinski definition) is 6. The molecule has 3 aromatic heterocycles. The molecule has 1 aliphatic carbocycles. The molecule has 28 heavy (non-hydrogen) atoms. The molecule has 0 atom stereocenters. The number of nitrogens with one attached hydrogen (secondary N) is 1. The van der Waals surface area contributed by atoms with Crippen LogP contribution in [0, 0.1) is 0 Å². The lowest BCUT2D eigenvalue weighted by molar-refractivity contribution is 0.0921. The highest BCUT2D eigenvalue weighted by atomic mass is 16.5. The number of amides is 1. The fraction of sp³-hybridized carbons (Fsp3) is 0.350. The lowest BCUT2D eigenvalue weighted by Gasteiger charge is -2.29. The molecule has 1 amide bonds. The largest absolute Gasteiger partial charge is 0.495 e. The normalized spacial score (nSPS) is 19.2. The minimum atomic E-state index is -0.112. The van der Waals surface area contributed by atoms with E-state index in [1.54, 1.807) is 44.2 Å². The zero-order valence-corrected chi connectivity index (χ0v) is 15.7. The van der Waals surface area contributed by atoms with Crippen LogP contribution in [0.4, 0.5) is 0 Å². The third-order valence-electron chi connectivity index (χ3n) is 5.08. The number of ether oxygens (including phenoxy) is 1. The molecular weight excluding hydrogens is 356 g/mol. The first kappa shape index (κ1) is 18.1. The van der Waals surface area contributed by atoms with E-state index in [4.69, 9.17) is 4.74 Å². The molecule has 1 N–H and O–H groups in total. The monoisotopic (exact) mass is 378 g/mol. The van der Waals surface area contributed by atoms with Gasteiger partial charge < -0.3 is 10.1 Å². The van der Waals surface area contributed by atoms with E-state index in [-0.39, 0.29) is 11.9 Å². The van der Waals surface area contributed by atoms with Crippen LogP contribution < -0.4 is 10.1 Å². The summed E-state index contributed by atoms with van der Waals surface area (Å²) in [7, 11) is 1.56. The summed E-state index contributed by atoms with van der Waals surface area (Å²) >= 11 is 0. The van der Waals surface area contributed by atoms with E-state index in [9.17, 15) is 4.79 Å². The van der Waals surface area contributed by atoms with Crippen molar-refractivity contribution in [1.82, 2.24) is 30.0 Å². The van der Waals surface area contributed by atoms with Crippen LogP contribution in [0.2, 0.25) is 0 Å². The number of rotatable bonds is 5. The van der Waals surface area contributed by atoms with Crippen molar-refractivity contribution in [2.45, 2.75) is 37.8 Å². The Morgan fingerprint density at radius 3 is 2.71 bits per heavy atom. The molecule has 8 heteroatoms. The second kappa shape index (κ2) is 8.16. The molecule has 1 aliphatic rings. The molecule has 0 unspecified atom stereocenters. The number of methoxy groups -OCH3 is 1. The lowest BCUT2D eigenvalue weighted by Crippen LogP contribution is -2.38. The fourth-order valence-corrected chi connectivity index (χ4v) is 3.53. The molecule has 0 saturated heterocycles. The molecule has 8 nitrogen and oxygen atoms in total. The van der Waals surface area contributed by atoms with Gasteiger partial charge in [-0.1, -0.05) is 0 Å². The SMILES string of the molecule is COc1cncc(C(=O)NC2CCC(n3cc(-c4cnccn4)cn3)CC2)c1. The van der Waals surface area contributed by atoms with Gasteiger partial charge in [0.1, 0.15) is 5.75 Å². The van der Waals surface area contributed by atoms with Gasteiger partial charge in [-0.05, 0) is 31.7 Å². The maximum absolute atomic E-state index is 12.5. The molecule has 0 radical (unpaired) electrons. The van der Waals surface area contributed by atoms with Crippen molar-refractivity contribution >= 4 is 5.91 Å². The average Bonchev–Trinajstić information content (AvgIpc) is 3.25. The molecule has 3 aromatic rings. The quantitative estimate of drug-likeness (QED) is 0.733. The minimum absolute atomic E-state index is 0.112. The van der Waals surface area contributed by atoms with Crippen LogP contribution in [0.25, 0.3) is 11.3 Å². The number of pyridine rings is 1. The summed E-state index contributed by atoms with van der Waals surface area (Å²) < 4.78 is 7.14. The molecule has 4 rings (SSSR count). The van der Waals surface area contributed by atoms with Crippen molar-refractivity contribution in [3.63, 3.8) is 0 Å². The van der Waals surface area contributed by atoms with Gasteiger partial charge in [0, 0.05) is 36.4 Å². The molecule has 0 bridgehead atoms. The van der Waals surface area contributed by atoms with Crippen LogP contribution in [0.3, 0.4) is 0 Å². The third-order valence-corrected chi connectivity index (χ3v) is 5.08. The van der Waals surface area contributed by atoms with Gasteiger partial charge in [-0.3, -0.25) is 24.4 Å². The van der Waals surface area contributed by atoms with Crippen LogP contribution in [-0.2, 0) is 0 Å². The van der Waals surface area contributed by atoms with E-state index in [0.29, 0.717) is 17.4 Å². The Bertz CT molecular complexity index is 935. The summed E-state index contributed by atoms with van der Waals surface area (Å²) in [6.45, 7) is 0. The summed E-state index contributed by atoms with van der Waals surface area (Å²) in [6.07, 6.45) is 15.8. The van der Waals surface area contributed by atoms with Crippen molar-refractivity contribution in [2.24, 2.45) is 0 Å². The standard InChI is InChI=1S/C20H22N6O2/c1-28-18-8-14(9-22-11-18)20(27)25-16-2-4-17(5-3-16)26-13-15(10-24-26)19-12-21-6-7-23-19/h6-13,16-17H,2-5H2,1H3,(H,25,27). The zero-order chi connectivity index (χ0) is 19.3. The van der Waals surface area contributed by atoms with Gasteiger partial charge in [-0.15, -0.1) is 0 Å². The number of hydrogen-bond donors (Lipinski definition) is 1. The second-order valence-corrected chi connectivity index (χ2v) is 6.89. The molecule has 1 fully saturated rings. The Kier molecular flexibility index (Phi) is 5.27.